The Bertz CT molecular complexity index is 620. The molecule has 2 aromatic rings. The molecule has 0 aliphatic rings. The molecule has 0 atom stereocenters. The van der Waals surface area contributed by atoms with E-state index < -0.39 is 0 Å². The van der Waals surface area contributed by atoms with Crippen molar-refractivity contribution in [3.63, 3.8) is 0 Å². The molecule has 1 heterocycles. The van der Waals surface area contributed by atoms with Crippen molar-refractivity contribution in [1.82, 2.24) is 0 Å². The van der Waals surface area contributed by atoms with E-state index in [1.807, 2.05) is 31.2 Å². The van der Waals surface area contributed by atoms with Gasteiger partial charge in [0, 0.05) is 14.0 Å². The molecule has 1 aromatic carbocycles. The minimum atomic E-state index is 0.100. The number of hydrogen-bond acceptors (Lipinski definition) is 2. The zero-order valence-corrected chi connectivity index (χ0v) is 14.6. The van der Waals surface area contributed by atoms with Gasteiger partial charge in [-0.25, -0.2) is 0 Å². The van der Waals surface area contributed by atoms with E-state index in [0.717, 1.165) is 19.6 Å². The molecule has 0 saturated heterocycles. The first-order valence-corrected chi connectivity index (χ1v) is 8.10. The Morgan fingerprint density at radius 1 is 1.16 bits per heavy atom. The molecule has 1 nitrogen and oxygen atoms in total. The van der Waals surface area contributed by atoms with Crippen LogP contribution in [0.25, 0.3) is 0 Å². The highest BCUT2D eigenvalue weighted by atomic mass is 127. The van der Waals surface area contributed by atoms with Gasteiger partial charge in [-0.2, -0.15) is 0 Å². The molecule has 1 aromatic heterocycles. The quantitative estimate of drug-likeness (QED) is 0.515. The Hall–Kier alpha value is -0.680. The Morgan fingerprint density at radius 2 is 1.84 bits per heavy atom. The van der Waals surface area contributed by atoms with Crippen molar-refractivity contribution in [2.75, 3.05) is 0 Å². The summed E-state index contributed by atoms with van der Waals surface area (Å²) in [5.41, 5.74) is 2.06. The molecule has 0 saturated carbocycles. The highest BCUT2D eigenvalue weighted by Crippen LogP contribution is 2.31. The fourth-order valence-corrected chi connectivity index (χ4v) is 3.44. The van der Waals surface area contributed by atoms with Crippen LogP contribution in [0, 0.1) is 10.5 Å². The number of carbonyl (C=O) groups is 1. The summed E-state index contributed by atoms with van der Waals surface area (Å²) in [6.07, 6.45) is 0. The molecular weight excluding hydrogens is 367 g/mol. The number of halogens is 1. The lowest BCUT2D eigenvalue weighted by Gasteiger charge is -2.15. The largest absolute Gasteiger partial charge is 0.288 e. The van der Waals surface area contributed by atoms with Gasteiger partial charge in [0.1, 0.15) is 0 Å². The standard InChI is InChI=1S/C16H17IOS/c1-10-6-5-7-11(14(10)17)15(18)12-8-9-13(19-12)16(2,3)4/h5-9H,1-4H3. The summed E-state index contributed by atoms with van der Waals surface area (Å²) >= 11 is 3.86. The Morgan fingerprint density at radius 3 is 2.42 bits per heavy atom. The molecule has 0 amide bonds. The average molecular weight is 384 g/mol. The first-order chi connectivity index (χ1) is 8.80. The second kappa shape index (κ2) is 5.37. The fourth-order valence-electron chi connectivity index (χ4n) is 1.82. The third-order valence-corrected chi connectivity index (χ3v) is 5.95. The SMILES string of the molecule is Cc1cccc(C(=O)c2ccc(C(C)(C)C)s2)c1I. The normalized spacial score (nSPS) is 11.6. The summed E-state index contributed by atoms with van der Waals surface area (Å²) in [6, 6.07) is 9.91. The number of carbonyl (C=O) groups excluding carboxylic acids is 1. The lowest BCUT2D eigenvalue weighted by molar-refractivity contribution is 0.104. The molecule has 0 unspecified atom stereocenters. The van der Waals surface area contributed by atoms with Crippen LogP contribution in [0.2, 0.25) is 0 Å². The van der Waals surface area contributed by atoms with E-state index in [-0.39, 0.29) is 11.2 Å². The van der Waals surface area contributed by atoms with Gasteiger partial charge in [-0.15, -0.1) is 11.3 Å². The van der Waals surface area contributed by atoms with Gasteiger partial charge in [-0.1, -0.05) is 32.9 Å². The van der Waals surface area contributed by atoms with Gasteiger partial charge in [0.15, 0.2) is 0 Å². The van der Waals surface area contributed by atoms with E-state index >= 15 is 0 Å². The molecule has 0 spiro atoms. The van der Waals surface area contributed by atoms with Crippen molar-refractivity contribution in [2.45, 2.75) is 33.1 Å². The molecule has 0 N–H and O–H groups in total. The van der Waals surface area contributed by atoms with E-state index in [9.17, 15) is 4.79 Å². The maximum absolute atomic E-state index is 12.6. The molecule has 0 aliphatic heterocycles. The van der Waals surface area contributed by atoms with Crippen LogP contribution in [-0.2, 0) is 5.41 Å². The van der Waals surface area contributed by atoms with Crippen molar-refractivity contribution in [1.29, 1.82) is 0 Å². The van der Waals surface area contributed by atoms with Crippen LogP contribution in [0.4, 0.5) is 0 Å². The fraction of sp³-hybridized carbons (Fsp3) is 0.312. The third kappa shape index (κ3) is 3.08. The maximum atomic E-state index is 12.6. The van der Waals surface area contributed by atoms with Crippen LogP contribution in [0.1, 0.15) is 46.4 Å². The van der Waals surface area contributed by atoms with Crippen LogP contribution in [-0.4, -0.2) is 5.78 Å². The van der Waals surface area contributed by atoms with Crippen LogP contribution in [0.3, 0.4) is 0 Å². The van der Waals surface area contributed by atoms with Crippen molar-refractivity contribution < 1.29 is 4.79 Å². The molecule has 0 bridgehead atoms. The second-order valence-electron chi connectivity index (χ2n) is 5.68. The van der Waals surface area contributed by atoms with E-state index in [1.54, 1.807) is 11.3 Å². The number of thiophene rings is 1. The summed E-state index contributed by atoms with van der Waals surface area (Å²) in [4.78, 5) is 14.6. The molecule has 0 radical (unpaired) electrons. The minimum absolute atomic E-state index is 0.100. The first-order valence-electron chi connectivity index (χ1n) is 6.21. The predicted molar refractivity (Wildman–Crippen MR) is 90.3 cm³/mol. The number of rotatable bonds is 2. The second-order valence-corrected chi connectivity index (χ2v) is 7.84. The zero-order valence-electron chi connectivity index (χ0n) is 11.6. The Kier molecular flexibility index (Phi) is 4.16. The number of aryl methyl sites for hydroxylation is 1. The first kappa shape index (κ1) is 14.7. The molecule has 19 heavy (non-hydrogen) atoms. The zero-order chi connectivity index (χ0) is 14.2. The van der Waals surface area contributed by atoms with Gasteiger partial charge < -0.3 is 0 Å². The van der Waals surface area contributed by atoms with Gasteiger partial charge in [0.2, 0.25) is 5.78 Å². The van der Waals surface area contributed by atoms with Crippen LogP contribution < -0.4 is 0 Å². The highest BCUT2D eigenvalue weighted by molar-refractivity contribution is 14.1. The monoisotopic (exact) mass is 384 g/mol. The lowest BCUT2D eigenvalue weighted by atomic mass is 9.95. The van der Waals surface area contributed by atoms with Crippen LogP contribution >= 0.6 is 33.9 Å². The van der Waals surface area contributed by atoms with Crippen molar-refractivity contribution >= 4 is 39.7 Å². The maximum Gasteiger partial charge on any atom is 0.204 e. The van der Waals surface area contributed by atoms with Crippen LogP contribution in [0.5, 0.6) is 0 Å². The number of ketones is 1. The lowest BCUT2D eigenvalue weighted by Crippen LogP contribution is -2.08. The van der Waals surface area contributed by atoms with Crippen molar-refractivity contribution in [3.05, 3.63) is 54.8 Å². The molecule has 0 fully saturated rings. The molecule has 2 rings (SSSR count). The Balaban J connectivity index is 2.40. The summed E-state index contributed by atoms with van der Waals surface area (Å²) in [7, 11) is 0. The summed E-state index contributed by atoms with van der Waals surface area (Å²) in [5, 5.41) is 0. The summed E-state index contributed by atoms with van der Waals surface area (Å²) in [5.74, 6) is 0.133. The smallest absolute Gasteiger partial charge is 0.204 e. The average Bonchev–Trinajstić information content (AvgIpc) is 2.81. The van der Waals surface area contributed by atoms with Crippen molar-refractivity contribution in [2.24, 2.45) is 0 Å². The van der Waals surface area contributed by atoms with Gasteiger partial charge in [-0.3, -0.25) is 4.79 Å². The molecule has 3 heteroatoms. The number of benzene rings is 1. The van der Waals surface area contributed by atoms with Gasteiger partial charge in [-0.05, 0) is 58.7 Å². The van der Waals surface area contributed by atoms with E-state index in [0.29, 0.717) is 0 Å². The topological polar surface area (TPSA) is 17.1 Å². The van der Waals surface area contributed by atoms with E-state index in [1.165, 1.54) is 4.88 Å². The van der Waals surface area contributed by atoms with Gasteiger partial charge >= 0.3 is 0 Å². The highest BCUT2D eigenvalue weighted by Gasteiger charge is 2.20. The Labute approximate surface area is 132 Å². The predicted octanol–water partition coefficient (Wildman–Crippen LogP) is 5.19. The van der Waals surface area contributed by atoms with Gasteiger partial charge in [0.05, 0.1) is 4.88 Å². The van der Waals surface area contributed by atoms with Crippen LogP contribution in [0.15, 0.2) is 30.3 Å². The molecule has 100 valence electrons. The summed E-state index contributed by atoms with van der Waals surface area (Å²) < 4.78 is 1.05. The third-order valence-electron chi connectivity index (χ3n) is 3.01. The molecular formula is C16H17IOS. The minimum Gasteiger partial charge on any atom is -0.288 e. The summed E-state index contributed by atoms with van der Waals surface area (Å²) in [6.45, 7) is 8.55. The van der Waals surface area contributed by atoms with E-state index in [4.69, 9.17) is 0 Å². The molecule has 0 aliphatic carbocycles. The van der Waals surface area contributed by atoms with Gasteiger partial charge in [0.25, 0.3) is 0 Å². The number of hydrogen-bond donors (Lipinski definition) is 0. The van der Waals surface area contributed by atoms with Crippen molar-refractivity contribution in [3.8, 4) is 0 Å². The van der Waals surface area contributed by atoms with E-state index in [2.05, 4.69) is 49.4 Å².